The average molecular weight is 469 g/mol. The van der Waals surface area contributed by atoms with Gasteiger partial charge in [-0.2, -0.15) is 0 Å². The number of esters is 1. The molecule has 8 heteroatoms. The second-order valence-electron chi connectivity index (χ2n) is 8.64. The number of aryl methyl sites for hydroxylation is 1. The number of ether oxygens (including phenoxy) is 1. The normalized spacial score (nSPS) is 19.5. The smallest absolute Gasteiger partial charge is 0.338 e. The number of benzene rings is 1. The van der Waals surface area contributed by atoms with E-state index in [9.17, 15) is 14.4 Å². The van der Waals surface area contributed by atoms with E-state index in [1.54, 1.807) is 17.9 Å². The van der Waals surface area contributed by atoms with Crippen molar-refractivity contribution in [3.05, 3.63) is 59.3 Å². The van der Waals surface area contributed by atoms with Crippen LogP contribution in [0.15, 0.2) is 48.2 Å². The fourth-order valence-corrected chi connectivity index (χ4v) is 4.56. The van der Waals surface area contributed by atoms with E-state index in [1.807, 2.05) is 43.0 Å². The number of hydrogen-bond donors (Lipinski definition) is 1. The van der Waals surface area contributed by atoms with Crippen molar-refractivity contribution in [2.45, 2.75) is 39.7 Å². The number of nitrogens with one attached hydrogen (secondary N) is 1. The molecule has 2 heterocycles. The number of urea groups is 1. The molecule has 2 aliphatic rings. The highest BCUT2D eigenvalue weighted by Gasteiger charge is 2.38. The number of carbonyl (C=O) groups is 3. The van der Waals surface area contributed by atoms with E-state index < -0.39 is 12.0 Å². The quantitative estimate of drug-likeness (QED) is 0.469. The predicted octanol–water partition coefficient (Wildman–Crippen LogP) is 3.01. The Labute approximate surface area is 202 Å². The van der Waals surface area contributed by atoms with Crippen molar-refractivity contribution in [1.29, 1.82) is 0 Å². The zero-order valence-electron chi connectivity index (χ0n) is 20.5. The van der Waals surface area contributed by atoms with Crippen molar-refractivity contribution >= 4 is 17.9 Å². The Morgan fingerprint density at radius 2 is 2.00 bits per heavy atom. The third-order valence-electron chi connectivity index (χ3n) is 6.24. The van der Waals surface area contributed by atoms with Crippen LogP contribution in [0.2, 0.25) is 0 Å². The summed E-state index contributed by atoms with van der Waals surface area (Å²) in [5.74, 6) is -0.284. The highest BCUT2D eigenvalue weighted by Crippen LogP contribution is 2.32. The second-order valence-corrected chi connectivity index (χ2v) is 8.64. The van der Waals surface area contributed by atoms with Crippen LogP contribution in [-0.4, -0.2) is 78.5 Å². The molecule has 1 aromatic carbocycles. The molecule has 184 valence electrons. The van der Waals surface area contributed by atoms with Crippen molar-refractivity contribution in [3.63, 3.8) is 0 Å². The van der Waals surface area contributed by atoms with E-state index in [-0.39, 0.29) is 25.1 Å². The van der Waals surface area contributed by atoms with Crippen molar-refractivity contribution in [2.24, 2.45) is 0 Å². The predicted molar refractivity (Wildman–Crippen MR) is 131 cm³/mol. The molecule has 1 N–H and O–H groups in total. The van der Waals surface area contributed by atoms with Crippen LogP contribution < -0.4 is 5.32 Å². The standard InChI is InChI=1S/C26H36N4O4/c1-5-12-30-21(18-28-13-9-14-29(16-15-28)22(31)6-2)23(25(32)34-7-3)24(27-26(30)33)20-11-8-10-19(4)17-20/h5,8,10-11,17,24H,1,6-7,9,12-16,18H2,2-4H3,(H,27,33). The molecular weight excluding hydrogens is 432 g/mol. The Morgan fingerprint density at radius 3 is 2.68 bits per heavy atom. The molecule has 0 saturated carbocycles. The second kappa shape index (κ2) is 11.8. The fourth-order valence-electron chi connectivity index (χ4n) is 4.56. The first-order chi connectivity index (χ1) is 16.4. The molecule has 0 aliphatic carbocycles. The zero-order valence-corrected chi connectivity index (χ0v) is 20.5. The summed E-state index contributed by atoms with van der Waals surface area (Å²) in [7, 11) is 0. The lowest BCUT2D eigenvalue weighted by Crippen LogP contribution is -2.51. The molecule has 1 aromatic rings. The van der Waals surface area contributed by atoms with Crippen molar-refractivity contribution in [2.75, 3.05) is 45.9 Å². The van der Waals surface area contributed by atoms with Crippen LogP contribution in [0.5, 0.6) is 0 Å². The average Bonchev–Trinajstić information content (AvgIpc) is 3.06. The van der Waals surface area contributed by atoms with E-state index in [0.717, 1.165) is 30.6 Å². The Kier molecular flexibility index (Phi) is 8.87. The highest BCUT2D eigenvalue weighted by atomic mass is 16.5. The molecule has 3 amide bonds. The monoisotopic (exact) mass is 468 g/mol. The molecule has 1 atom stereocenters. The van der Waals surface area contributed by atoms with Crippen LogP contribution in [0.1, 0.15) is 43.9 Å². The fraction of sp³-hybridized carbons (Fsp3) is 0.500. The molecule has 1 fully saturated rings. The molecule has 1 saturated heterocycles. The molecule has 0 aromatic heterocycles. The Balaban J connectivity index is 2.02. The summed E-state index contributed by atoms with van der Waals surface area (Å²) in [6.45, 7) is 13.1. The summed E-state index contributed by atoms with van der Waals surface area (Å²) >= 11 is 0. The van der Waals surface area contributed by atoms with Gasteiger partial charge in [0.1, 0.15) is 0 Å². The van der Waals surface area contributed by atoms with Gasteiger partial charge in [0.2, 0.25) is 5.91 Å². The van der Waals surface area contributed by atoms with E-state index in [4.69, 9.17) is 4.74 Å². The van der Waals surface area contributed by atoms with Gasteiger partial charge in [0.05, 0.1) is 18.2 Å². The van der Waals surface area contributed by atoms with Crippen LogP contribution in [0.25, 0.3) is 0 Å². The number of hydrogen-bond acceptors (Lipinski definition) is 5. The minimum atomic E-state index is -0.604. The number of amides is 3. The largest absolute Gasteiger partial charge is 0.463 e. The lowest BCUT2D eigenvalue weighted by Gasteiger charge is -2.38. The highest BCUT2D eigenvalue weighted by molar-refractivity contribution is 5.95. The van der Waals surface area contributed by atoms with Gasteiger partial charge in [-0.3, -0.25) is 14.6 Å². The zero-order chi connectivity index (χ0) is 24.7. The Bertz CT molecular complexity index is 958. The van der Waals surface area contributed by atoms with Crippen LogP contribution in [-0.2, 0) is 14.3 Å². The van der Waals surface area contributed by atoms with E-state index >= 15 is 0 Å². The van der Waals surface area contributed by atoms with Crippen molar-refractivity contribution < 1.29 is 19.1 Å². The molecule has 2 aliphatic heterocycles. The van der Waals surface area contributed by atoms with Gasteiger partial charge in [-0.15, -0.1) is 6.58 Å². The minimum Gasteiger partial charge on any atom is -0.463 e. The van der Waals surface area contributed by atoms with Gasteiger partial charge in [0.25, 0.3) is 0 Å². The molecule has 8 nitrogen and oxygen atoms in total. The maximum absolute atomic E-state index is 13.3. The van der Waals surface area contributed by atoms with E-state index in [2.05, 4.69) is 16.8 Å². The van der Waals surface area contributed by atoms with Gasteiger partial charge >= 0.3 is 12.0 Å². The molecule has 1 unspecified atom stereocenters. The molecule has 0 bridgehead atoms. The Morgan fingerprint density at radius 1 is 1.21 bits per heavy atom. The van der Waals surface area contributed by atoms with Crippen LogP contribution in [0.3, 0.4) is 0 Å². The van der Waals surface area contributed by atoms with Crippen molar-refractivity contribution in [1.82, 2.24) is 20.0 Å². The number of carbonyl (C=O) groups excluding carboxylic acids is 3. The van der Waals surface area contributed by atoms with Crippen LogP contribution in [0.4, 0.5) is 4.79 Å². The topological polar surface area (TPSA) is 82.2 Å². The van der Waals surface area contributed by atoms with Gasteiger partial charge in [-0.1, -0.05) is 42.8 Å². The molecule has 3 rings (SSSR count). The third kappa shape index (κ3) is 5.86. The Hall–Kier alpha value is -3.13. The summed E-state index contributed by atoms with van der Waals surface area (Å²) < 4.78 is 5.46. The van der Waals surface area contributed by atoms with Crippen molar-refractivity contribution in [3.8, 4) is 0 Å². The number of nitrogens with zero attached hydrogens (tertiary/aromatic N) is 3. The SMILES string of the molecule is C=CCN1C(=O)NC(c2cccc(C)c2)C(C(=O)OCC)=C1CN1CCCN(C(=O)CC)CC1. The summed E-state index contributed by atoms with van der Waals surface area (Å²) in [5.41, 5.74) is 2.95. The maximum Gasteiger partial charge on any atom is 0.338 e. The van der Waals surface area contributed by atoms with Crippen LogP contribution in [0, 0.1) is 6.92 Å². The lowest BCUT2D eigenvalue weighted by molar-refractivity contribution is -0.139. The summed E-state index contributed by atoms with van der Waals surface area (Å²) in [6, 6.07) is 6.92. The van der Waals surface area contributed by atoms with Gasteiger partial charge in [0.15, 0.2) is 0 Å². The number of rotatable bonds is 8. The maximum atomic E-state index is 13.3. The van der Waals surface area contributed by atoms with Gasteiger partial charge in [-0.05, 0) is 25.8 Å². The molecule has 0 spiro atoms. The first-order valence-electron chi connectivity index (χ1n) is 12.0. The summed E-state index contributed by atoms with van der Waals surface area (Å²) in [4.78, 5) is 44.3. The van der Waals surface area contributed by atoms with Gasteiger partial charge in [-0.25, -0.2) is 9.59 Å². The minimum absolute atomic E-state index is 0.151. The van der Waals surface area contributed by atoms with Gasteiger partial charge < -0.3 is 15.0 Å². The first kappa shape index (κ1) is 25.5. The van der Waals surface area contributed by atoms with Crippen LogP contribution >= 0.6 is 0 Å². The van der Waals surface area contributed by atoms with Gasteiger partial charge in [0, 0.05) is 51.4 Å². The summed E-state index contributed by atoms with van der Waals surface area (Å²) in [6.07, 6.45) is 2.98. The molecule has 34 heavy (non-hydrogen) atoms. The van der Waals surface area contributed by atoms with E-state index in [1.165, 1.54) is 0 Å². The third-order valence-corrected chi connectivity index (χ3v) is 6.24. The lowest BCUT2D eigenvalue weighted by atomic mass is 9.93. The first-order valence-corrected chi connectivity index (χ1v) is 12.0. The summed E-state index contributed by atoms with van der Waals surface area (Å²) in [5, 5.41) is 3.00. The molecule has 0 radical (unpaired) electrons. The van der Waals surface area contributed by atoms with E-state index in [0.29, 0.717) is 37.3 Å². The molecular formula is C26H36N4O4.